The molecule has 0 aromatic carbocycles. The second-order valence-electron chi connectivity index (χ2n) is 6.22. The quantitative estimate of drug-likeness (QED) is 0.685. The molecule has 0 bridgehead atoms. The van der Waals surface area contributed by atoms with Gasteiger partial charge in [0.25, 0.3) is 11.3 Å². The van der Waals surface area contributed by atoms with Crippen LogP contribution >= 0.6 is 23.1 Å². The van der Waals surface area contributed by atoms with Crippen molar-refractivity contribution in [1.29, 1.82) is 0 Å². The zero-order valence-corrected chi connectivity index (χ0v) is 16.0. The van der Waals surface area contributed by atoms with Crippen molar-refractivity contribution >= 4 is 34.8 Å². The SMILES string of the molecule is Cc1nn2c(SC(C)C(=O)N3CCCC3c3cccs3)nnc2[nH]c1=O. The van der Waals surface area contributed by atoms with E-state index >= 15 is 0 Å². The van der Waals surface area contributed by atoms with Crippen LogP contribution in [0.3, 0.4) is 0 Å². The molecule has 1 amide bonds. The topological polar surface area (TPSA) is 96.2 Å². The minimum absolute atomic E-state index is 0.0868. The first kappa shape index (κ1) is 17.2. The number of H-pyrrole nitrogens is 1. The van der Waals surface area contributed by atoms with Gasteiger partial charge in [-0.1, -0.05) is 17.8 Å². The van der Waals surface area contributed by atoms with Crippen LogP contribution in [-0.4, -0.2) is 47.4 Å². The van der Waals surface area contributed by atoms with Crippen molar-refractivity contribution in [2.24, 2.45) is 0 Å². The van der Waals surface area contributed by atoms with Crippen molar-refractivity contribution in [3.63, 3.8) is 0 Å². The summed E-state index contributed by atoms with van der Waals surface area (Å²) in [7, 11) is 0. The van der Waals surface area contributed by atoms with E-state index in [4.69, 9.17) is 0 Å². The molecule has 4 heterocycles. The average Bonchev–Trinajstić information content (AvgIpc) is 3.35. The highest BCUT2D eigenvalue weighted by atomic mass is 32.2. The number of rotatable bonds is 4. The molecule has 1 aliphatic rings. The summed E-state index contributed by atoms with van der Waals surface area (Å²) in [6.45, 7) is 4.27. The molecule has 8 nitrogen and oxygen atoms in total. The maximum absolute atomic E-state index is 13.0. The van der Waals surface area contributed by atoms with Crippen LogP contribution in [0.2, 0.25) is 0 Å². The van der Waals surface area contributed by atoms with Crippen LogP contribution < -0.4 is 5.56 Å². The largest absolute Gasteiger partial charge is 0.334 e. The van der Waals surface area contributed by atoms with Crippen molar-refractivity contribution in [2.45, 2.75) is 43.1 Å². The zero-order chi connectivity index (χ0) is 18.3. The van der Waals surface area contributed by atoms with Gasteiger partial charge in [-0.2, -0.15) is 9.61 Å². The van der Waals surface area contributed by atoms with Crippen molar-refractivity contribution in [1.82, 2.24) is 29.7 Å². The highest BCUT2D eigenvalue weighted by Gasteiger charge is 2.33. The molecule has 26 heavy (non-hydrogen) atoms. The van der Waals surface area contributed by atoms with E-state index < -0.39 is 0 Å². The molecular formula is C16H18N6O2S2. The molecule has 1 N–H and O–H groups in total. The van der Waals surface area contributed by atoms with Gasteiger partial charge in [-0.3, -0.25) is 14.6 Å². The number of aryl methyl sites for hydroxylation is 1. The molecule has 0 spiro atoms. The Morgan fingerprint density at radius 2 is 2.31 bits per heavy atom. The minimum Gasteiger partial charge on any atom is -0.334 e. The summed E-state index contributed by atoms with van der Waals surface area (Å²) >= 11 is 3.00. The monoisotopic (exact) mass is 390 g/mol. The van der Waals surface area contributed by atoms with Gasteiger partial charge in [0.05, 0.1) is 11.3 Å². The van der Waals surface area contributed by atoms with Crippen molar-refractivity contribution in [3.05, 3.63) is 38.4 Å². The number of aromatic nitrogens is 5. The summed E-state index contributed by atoms with van der Waals surface area (Å²) in [6.07, 6.45) is 2.01. The number of nitrogens with one attached hydrogen (secondary N) is 1. The number of carbonyl (C=O) groups excluding carboxylic acids is 1. The first-order valence-electron chi connectivity index (χ1n) is 8.37. The first-order chi connectivity index (χ1) is 12.5. The molecule has 1 saturated heterocycles. The van der Waals surface area contributed by atoms with Gasteiger partial charge in [0, 0.05) is 11.4 Å². The third kappa shape index (κ3) is 3.03. The van der Waals surface area contributed by atoms with Gasteiger partial charge in [0.15, 0.2) is 0 Å². The van der Waals surface area contributed by atoms with Gasteiger partial charge in [0.2, 0.25) is 11.1 Å². The summed E-state index contributed by atoms with van der Waals surface area (Å²) < 4.78 is 1.48. The number of fused-ring (bicyclic) bond motifs is 1. The van der Waals surface area contributed by atoms with Gasteiger partial charge in [-0.25, -0.2) is 0 Å². The van der Waals surface area contributed by atoms with Gasteiger partial charge in [0.1, 0.15) is 5.69 Å². The Kier molecular flexibility index (Phi) is 4.53. The molecule has 2 unspecified atom stereocenters. The molecule has 3 aromatic rings. The lowest BCUT2D eigenvalue weighted by Crippen LogP contribution is -2.36. The smallest absolute Gasteiger partial charge is 0.273 e. The Balaban J connectivity index is 1.54. The molecular weight excluding hydrogens is 372 g/mol. The Morgan fingerprint density at radius 1 is 1.46 bits per heavy atom. The fourth-order valence-electron chi connectivity index (χ4n) is 3.14. The van der Waals surface area contributed by atoms with Crippen molar-refractivity contribution < 1.29 is 4.79 Å². The van der Waals surface area contributed by atoms with E-state index in [0.717, 1.165) is 19.4 Å². The Hall–Kier alpha value is -2.20. The van der Waals surface area contributed by atoms with E-state index in [1.165, 1.54) is 21.2 Å². The normalized spacial score (nSPS) is 18.5. The van der Waals surface area contributed by atoms with Crippen LogP contribution in [0.25, 0.3) is 5.78 Å². The highest BCUT2D eigenvalue weighted by Crippen LogP contribution is 2.36. The van der Waals surface area contributed by atoms with Crippen molar-refractivity contribution in [2.75, 3.05) is 6.54 Å². The Labute approximate surface area is 157 Å². The predicted octanol–water partition coefficient (Wildman–Crippen LogP) is 2.03. The molecule has 1 aliphatic heterocycles. The van der Waals surface area contributed by atoms with E-state index in [1.54, 1.807) is 18.3 Å². The predicted molar refractivity (Wildman–Crippen MR) is 99.5 cm³/mol. The third-order valence-corrected chi connectivity index (χ3v) is 6.45. The number of thioether (sulfide) groups is 1. The maximum atomic E-state index is 13.0. The van der Waals surface area contributed by atoms with Gasteiger partial charge in [-0.05, 0) is 38.1 Å². The molecule has 0 aliphatic carbocycles. The number of likely N-dealkylation sites (tertiary alicyclic amines) is 1. The number of amides is 1. The van der Waals surface area contributed by atoms with Gasteiger partial charge >= 0.3 is 0 Å². The van der Waals surface area contributed by atoms with Gasteiger partial charge in [-0.15, -0.1) is 21.5 Å². The maximum Gasteiger partial charge on any atom is 0.273 e. The van der Waals surface area contributed by atoms with Crippen LogP contribution in [0.4, 0.5) is 0 Å². The van der Waals surface area contributed by atoms with E-state index in [1.807, 2.05) is 23.3 Å². The van der Waals surface area contributed by atoms with Crippen LogP contribution in [0, 0.1) is 6.92 Å². The third-order valence-electron chi connectivity index (χ3n) is 4.45. The molecule has 0 saturated carbocycles. The lowest BCUT2D eigenvalue weighted by Gasteiger charge is -2.26. The lowest BCUT2D eigenvalue weighted by atomic mass is 10.2. The van der Waals surface area contributed by atoms with E-state index in [9.17, 15) is 9.59 Å². The second kappa shape index (κ2) is 6.84. The molecule has 2 atom stereocenters. The molecule has 4 rings (SSSR count). The molecule has 10 heteroatoms. The standard InChI is InChI=1S/C16H18N6O2S2/c1-9-13(23)17-15-18-19-16(22(15)20-9)26-10(2)14(24)21-7-3-5-11(21)12-6-4-8-25-12/h4,6,8,10-11H,3,5,7H2,1-2H3,(H,17,18,23). The number of aromatic amines is 1. The second-order valence-corrected chi connectivity index (χ2v) is 8.51. The Morgan fingerprint density at radius 3 is 3.08 bits per heavy atom. The summed E-state index contributed by atoms with van der Waals surface area (Å²) in [4.78, 5) is 30.5. The number of hydrogen-bond acceptors (Lipinski definition) is 7. The van der Waals surface area contributed by atoms with Gasteiger partial charge < -0.3 is 4.90 Å². The van der Waals surface area contributed by atoms with Crippen LogP contribution in [0.5, 0.6) is 0 Å². The number of hydrogen-bond donors (Lipinski definition) is 1. The fraction of sp³-hybridized carbons (Fsp3) is 0.438. The van der Waals surface area contributed by atoms with Crippen LogP contribution in [0.15, 0.2) is 27.5 Å². The molecule has 136 valence electrons. The molecule has 3 aromatic heterocycles. The Bertz CT molecular complexity index is 996. The van der Waals surface area contributed by atoms with Crippen LogP contribution in [-0.2, 0) is 4.79 Å². The minimum atomic E-state index is -0.322. The van der Waals surface area contributed by atoms with Crippen LogP contribution in [0.1, 0.15) is 36.4 Å². The van der Waals surface area contributed by atoms with E-state index in [-0.39, 0.29) is 28.5 Å². The summed E-state index contributed by atoms with van der Waals surface area (Å²) in [5.74, 6) is 0.365. The number of nitrogens with zero attached hydrogens (tertiary/aromatic N) is 5. The fourth-order valence-corrected chi connectivity index (χ4v) is 4.88. The first-order valence-corrected chi connectivity index (χ1v) is 10.1. The van der Waals surface area contributed by atoms with E-state index in [2.05, 4.69) is 26.3 Å². The molecule has 1 fully saturated rings. The summed E-state index contributed by atoms with van der Waals surface area (Å²) in [5, 5.41) is 14.4. The molecule has 0 radical (unpaired) electrons. The zero-order valence-electron chi connectivity index (χ0n) is 14.4. The van der Waals surface area contributed by atoms with Crippen molar-refractivity contribution in [3.8, 4) is 0 Å². The highest BCUT2D eigenvalue weighted by molar-refractivity contribution is 8.00. The van der Waals surface area contributed by atoms with E-state index in [0.29, 0.717) is 10.9 Å². The average molecular weight is 390 g/mol. The lowest BCUT2D eigenvalue weighted by molar-refractivity contribution is -0.131. The number of thiophene rings is 1. The number of carbonyl (C=O) groups is 1. The summed E-state index contributed by atoms with van der Waals surface area (Å²) in [6, 6.07) is 4.28. The summed E-state index contributed by atoms with van der Waals surface area (Å²) in [5.41, 5.74) is 0.0388.